The number of imide groups is 1. The molecule has 0 radical (unpaired) electrons. The summed E-state index contributed by atoms with van der Waals surface area (Å²) < 4.78 is 0. The van der Waals surface area contributed by atoms with Crippen molar-refractivity contribution in [3.63, 3.8) is 0 Å². The average molecular weight is 471 g/mol. The number of hydrogen-bond donors (Lipinski definition) is 1. The molecule has 2 aliphatic carbocycles. The zero-order chi connectivity index (χ0) is 23.4. The first-order chi connectivity index (χ1) is 16.5. The highest BCUT2D eigenvalue weighted by atomic mass is 35.5. The molecule has 0 spiro atoms. The Kier molecular flexibility index (Phi) is 5.03. The van der Waals surface area contributed by atoms with Crippen LogP contribution in [-0.2, 0) is 9.59 Å². The number of benzene rings is 3. The number of carbonyl (C=O) groups is 3. The standard InChI is InChI=1S/C28H23ClN2O3/c29-19-9-11-20(12-10-19)30-26(32)17-7-4-8-21(13-17)31-27(33)24-18-14-22(16-5-2-1-3-6-16)23(15-18)25(24)28(31)34/h1-13,18,22-25H,14-15H2,(H,30,32)/t18-,22-,23+,24+,25+/m0/s1. The van der Waals surface area contributed by atoms with Gasteiger partial charge in [-0.15, -0.1) is 0 Å². The van der Waals surface area contributed by atoms with Crippen LogP contribution in [0, 0.1) is 23.7 Å². The summed E-state index contributed by atoms with van der Waals surface area (Å²) in [7, 11) is 0. The molecular formula is C28H23ClN2O3. The highest BCUT2D eigenvalue weighted by Gasteiger charge is 2.64. The van der Waals surface area contributed by atoms with Gasteiger partial charge in [-0.25, -0.2) is 0 Å². The third-order valence-electron chi connectivity index (χ3n) is 7.71. The van der Waals surface area contributed by atoms with Crippen molar-refractivity contribution in [3.05, 3.63) is 95.0 Å². The molecule has 1 saturated heterocycles. The molecule has 5 atom stereocenters. The van der Waals surface area contributed by atoms with Crippen molar-refractivity contribution < 1.29 is 14.4 Å². The summed E-state index contributed by atoms with van der Waals surface area (Å²) in [6.07, 6.45) is 1.88. The van der Waals surface area contributed by atoms with Crippen LogP contribution >= 0.6 is 11.6 Å². The maximum Gasteiger partial charge on any atom is 0.255 e. The van der Waals surface area contributed by atoms with Crippen LogP contribution in [-0.4, -0.2) is 17.7 Å². The summed E-state index contributed by atoms with van der Waals surface area (Å²) in [5.74, 6) is -0.337. The summed E-state index contributed by atoms with van der Waals surface area (Å²) in [4.78, 5) is 41.1. The first-order valence-electron chi connectivity index (χ1n) is 11.6. The lowest BCUT2D eigenvalue weighted by Gasteiger charge is -2.28. The lowest BCUT2D eigenvalue weighted by Crippen LogP contribution is -2.33. The van der Waals surface area contributed by atoms with Gasteiger partial charge in [-0.05, 0) is 78.6 Å². The van der Waals surface area contributed by atoms with Crippen molar-refractivity contribution in [1.82, 2.24) is 0 Å². The molecule has 3 aliphatic rings. The Morgan fingerprint density at radius 1 is 0.853 bits per heavy atom. The Hall–Kier alpha value is -3.44. The molecule has 3 fully saturated rings. The Morgan fingerprint density at radius 2 is 1.59 bits per heavy atom. The van der Waals surface area contributed by atoms with Crippen LogP contribution in [0.25, 0.3) is 0 Å². The van der Waals surface area contributed by atoms with Crippen molar-refractivity contribution in [3.8, 4) is 0 Å². The molecule has 0 aromatic heterocycles. The third-order valence-corrected chi connectivity index (χ3v) is 7.96. The van der Waals surface area contributed by atoms with E-state index in [4.69, 9.17) is 11.6 Å². The molecule has 3 aromatic carbocycles. The van der Waals surface area contributed by atoms with E-state index < -0.39 is 0 Å². The molecule has 3 aromatic rings. The molecule has 2 bridgehead atoms. The molecule has 0 unspecified atom stereocenters. The number of nitrogens with one attached hydrogen (secondary N) is 1. The van der Waals surface area contributed by atoms with E-state index in [-0.39, 0.29) is 41.4 Å². The van der Waals surface area contributed by atoms with E-state index >= 15 is 0 Å². The molecule has 6 rings (SSSR count). The highest BCUT2D eigenvalue weighted by Crippen LogP contribution is 2.61. The van der Waals surface area contributed by atoms with E-state index in [0.717, 1.165) is 12.8 Å². The number of carbonyl (C=O) groups excluding carboxylic acids is 3. The minimum Gasteiger partial charge on any atom is -0.322 e. The van der Waals surface area contributed by atoms with E-state index in [1.54, 1.807) is 48.5 Å². The SMILES string of the molecule is O=C(Nc1ccc(Cl)cc1)c1cccc(N2C(=O)[C@@H]3[C@@H]4C[C@@H]([C@H]3C2=O)[C@H](c2ccccc2)C4)c1. The molecule has 2 saturated carbocycles. The van der Waals surface area contributed by atoms with Crippen LogP contribution in [0.3, 0.4) is 0 Å². The minimum atomic E-state index is -0.312. The number of amides is 3. The van der Waals surface area contributed by atoms with Gasteiger partial charge in [-0.1, -0.05) is 48.0 Å². The van der Waals surface area contributed by atoms with Gasteiger partial charge in [0.1, 0.15) is 0 Å². The first kappa shape index (κ1) is 21.1. The Bertz CT molecular complexity index is 1290. The normalized spacial score (nSPS) is 27.2. The monoisotopic (exact) mass is 470 g/mol. The van der Waals surface area contributed by atoms with E-state index in [1.165, 1.54) is 10.5 Å². The fourth-order valence-electron chi connectivity index (χ4n) is 6.32. The lowest BCUT2D eigenvalue weighted by molar-refractivity contribution is -0.123. The molecule has 1 heterocycles. The van der Waals surface area contributed by atoms with Gasteiger partial charge in [0.2, 0.25) is 11.8 Å². The zero-order valence-corrected chi connectivity index (χ0v) is 19.1. The Morgan fingerprint density at radius 3 is 2.35 bits per heavy atom. The van der Waals surface area contributed by atoms with Crippen molar-refractivity contribution in [1.29, 1.82) is 0 Å². The highest BCUT2D eigenvalue weighted by molar-refractivity contribution is 6.30. The molecule has 6 heteroatoms. The van der Waals surface area contributed by atoms with Crippen molar-refractivity contribution in [2.75, 3.05) is 10.2 Å². The molecule has 170 valence electrons. The van der Waals surface area contributed by atoms with Crippen LogP contribution in [0.2, 0.25) is 5.02 Å². The maximum atomic E-state index is 13.6. The fraction of sp³-hybridized carbons (Fsp3) is 0.250. The second-order valence-corrected chi connectivity index (χ2v) is 9.92. The minimum absolute atomic E-state index is 0.121. The number of fused-ring (bicyclic) bond motifs is 5. The lowest BCUT2D eigenvalue weighted by atomic mass is 9.73. The molecule has 34 heavy (non-hydrogen) atoms. The van der Waals surface area contributed by atoms with E-state index in [2.05, 4.69) is 17.4 Å². The average Bonchev–Trinajstić information content (AvgIpc) is 3.52. The van der Waals surface area contributed by atoms with Gasteiger partial charge in [0.05, 0.1) is 17.5 Å². The topological polar surface area (TPSA) is 66.5 Å². The van der Waals surface area contributed by atoms with Crippen LogP contribution in [0.1, 0.15) is 34.7 Å². The summed E-state index contributed by atoms with van der Waals surface area (Å²) in [6, 6.07) is 23.9. The van der Waals surface area contributed by atoms with Gasteiger partial charge in [-0.3, -0.25) is 19.3 Å². The van der Waals surface area contributed by atoms with Crippen LogP contribution in [0.5, 0.6) is 0 Å². The quantitative estimate of drug-likeness (QED) is 0.510. The van der Waals surface area contributed by atoms with E-state index in [0.29, 0.717) is 27.9 Å². The first-order valence-corrected chi connectivity index (χ1v) is 12.0. The summed E-state index contributed by atoms with van der Waals surface area (Å²) in [6.45, 7) is 0. The maximum absolute atomic E-state index is 13.6. The zero-order valence-electron chi connectivity index (χ0n) is 18.4. The van der Waals surface area contributed by atoms with Gasteiger partial charge in [0, 0.05) is 16.3 Å². The molecule has 1 N–H and O–H groups in total. The van der Waals surface area contributed by atoms with E-state index in [9.17, 15) is 14.4 Å². The summed E-state index contributed by atoms with van der Waals surface area (Å²) in [5, 5.41) is 3.41. The smallest absolute Gasteiger partial charge is 0.255 e. The number of anilines is 2. The Balaban J connectivity index is 1.25. The van der Waals surface area contributed by atoms with Gasteiger partial charge >= 0.3 is 0 Å². The number of halogens is 1. The third kappa shape index (κ3) is 3.34. The van der Waals surface area contributed by atoms with Gasteiger partial charge in [0.25, 0.3) is 5.91 Å². The van der Waals surface area contributed by atoms with Crippen LogP contribution < -0.4 is 10.2 Å². The van der Waals surface area contributed by atoms with Crippen molar-refractivity contribution in [2.45, 2.75) is 18.8 Å². The van der Waals surface area contributed by atoms with Crippen molar-refractivity contribution >= 4 is 40.7 Å². The summed E-state index contributed by atoms with van der Waals surface area (Å²) in [5.41, 5.74) is 2.72. The van der Waals surface area contributed by atoms with Gasteiger partial charge in [-0.2, -0.15) is 0 Å². The van der Waals surface area contributed by atoms with Crippen molar-refractivity contribution in [2.24, 2.45) is 23.7 Å². The number of rotatable bonds is 4. The second-order valence-electron chi connectivity index (χ2n) is 9.49. The predicted octanol–water partition coefficient (Wildman–Crippen LogP) is 5.52. The van der Waals surface area contributed by atoms with Gasteiger partial charge < -0.3 is 5.32 Å². The fourth-order valence-corrected chi connectivity index (χ4v) is 6.45. The molecule has 5 nitrogen and oxygen atoms in total. The van der Waals surface area contributed by atoms with Crippen LogP contribution in [0.4, 0.5) is 11.4 Å². The summed E-state index contributed by atoms with van der Waals surface area (Å²) >= 11 is 5.91. The number of nitrogens with zero attached hydrogens (tertiary/aromatic N) is 1. The van der Waals surface area contributed by atoms with Crippen LogP contribution in [0.15, 0.2) is 78.9 Å². The largest absolute Gasteiger partial charge is 0.322 e. The Labute approximate surface area is 202 Å². The molecule has 1 aliphatic heterocycles. The second kappa shape index (κ2) is 8.10. The van der Waals surface area contributed by atoms with Gasteiger partial charge in [0.15, 0.2) is 0 Å². The molecule has 3 amide bonds. The number of hydrogen-bond acceptors (Lipinski definition) is 3. The predicted molar refractivity (Wildman–Crippen MR) is 131 cm³/mol. The van der Waals surface area contributed by atoms with E-state index in [1.807, 2.05) is 18.2 Å². The molecular weight excluding hydrogens is 448 g/mol.